The normalized spacial score (nSPS) is 14.4. The summed E-state index contributed by atoms with van der Waals surface area (Å²) in [6.45, 7) is 1.63. The van der Waals surface area contributed by atoms with Gasteiger partial charge in [0.1, 0.15) is 0 Å². The first-order chi connectivity index (χ1) is 11.6. The second kappa shape index (κ2) is 7.49. The lowest BCUT2D eigenvalue weighted by Crippen LogP contribution is -2.35. The molecule has 0 atom stereocenters. The van der Waals surface area contributed by atoms with Crippen LogP contribution < -0.4 is 0 Å². The smallest absolute Gasteiger partial charge is 0.269 e. The Balaban J connectivity index is 1.81. The number of hydrogen-bond donors (Lipinski definition) is 0. The Bertz CT molecular complexity index is 740. The van der Waals surface area contributed by atoms with Crippen LogP contribution in [0.5, 0.6) is 0 Å². The van der Waals surface area contributed by atoms with Gasteiger partial charge in [0, 0.05) is 35.0 Å². The van der Waals surface area contributed by atoms with Crippen molar-refractivity contribution < 1.29 is 9.72 Å². The zero-order chi connectivity index (χ0) is 16.9. The van der Waals surface area contributed by atoms with Crippen LogP contribution in [-0.2, 0) is 0 Å². The highest BCUT2D eigenvalue weighted by molar-refractivity contribution is 7.99. The number of rotatable bonds is 4. The second-order valence-corrected chi connectivity index (χ2v) is 6.82. The van der Waals surface area contributed by atoms with Crippen molar-refractivity contribution in [3.63, 3.8) is 0 Å². The van der Waals surface area contributed by atoms with Crippen molar-refractivity contribution in [2.45, 2.75) is 29.1 Å². The quantitative estimate of drug-likeness (QED) is 0.611. The third kappa shape index (κ3) is 3.76. The average molecular weight is 342 g/mol. The van der Waals surface area contributed by atoms with Crippen LogP contribution in [0.25, 0.3) is 0 Å². The fraction of sp³-hybridized carbons (Fsp3) is 0.278. The molecule has 1 amide bonds. The molecule has 1 heterocycles. The summed E-state index contributed by atoms with van der Waals surface area (Å²) < 4.78 is 0. The highest BCUT2D eigenvalue weighted by Gasteiger charge is 2.20. The van der Waals surface area contributed by atoms with Crippen LogP contribution in [0.1, 0.15) is 29.6 Å². The van der Waals surface area contributed by atoms with Crippen LogP contribution in [0.15, 0.2) is 58.3 Å². The first-order valence-electron chi connectivity index (χ1n) is 7.96. The standard InChI is InChI=1S/C18H18N2O3S/c21-18(19-12-4-1-5-13-19)16-6-2-3-7-17(16)24-15-10-8-14(9-11-15)20(22)23/h2-3,6-11H,1,4-5,12-13H2. The molecule has 6 heteroatoms. The van der Waals surface area contributed by atoms with Crippen molar-refractivity contribution in [2.24, 2.45) is 0 Å². The van der Waals surface area contributed by atoms with Crippen molar-refractivity contribution in [1.82, 2.24) is 4.90 Å². The predicted octanol–water partition coefficient (Wildman–Crippen LogP) is 4.37. The maximum atomic E-state index is 12.8. The van der Waals surface area contributed by atoms with Gasteiger partial charge < -0.3 is 4.90 Å². The predicted molar refractivity (Wildman–Crippen MR) is 93.4 cm³/mol. The Morgan fingerprint density at radius 1 is 1.00 bits per heavy atom. The number of hydrogen-bond acceptors (Lipinski definition) is 4. The van der Waals surface area contributed by atoms with Crippen molar-refractivity contribution in [3.05, 3.63) is 64.2 Å². The van der Waals surface area contributed by atoms with E-state index in [1.54, 1.807) is 12.1 Å². The van der Waals surface area contributed by atoms with Crippen LogP contribution in [0.4, 0.5) is 5.69 Å². The van der Waals surface area contributed by atoms with Gasteiger partial charge in [-0.1, -0.05) is 23.9 Å². The van der Waals surface area contributed by atoms with E-state index in [0.717, 1.165) is 35.7 Å². The molecule has 0 saturated carbocycles. The molecule has 1 saturated heterocycles. The van der Waals surface area contributed by atoms with E-state index in [2.05, 4.69) is 0 Å². The van der Waals surface area contributed by atoms with Gasteiger partial charge in [-0.25, -0.2) is 0 Å². The maximum Gasteiger partial charge on any atom is 0.269 e. The molecule has 5 nitrogen and oxygen atoms in total. The molecule has 0 radical (unpaired) electrons. The Morgan fingerprint density at radius 2 is 1.67 bits per heavy atom. The molecule has 1 fully saturated rings. The van der Waals surface area contributed by atoms with Crippen molar-refractivity contribution in [1.29, 1.82) is 0 Å². The molecule has 0 unspecified atom stereocenters. The van der Waals surface area contributed by atoms with Gasteiger partial charge in [-0.3, -0.25) is 14.9 Å². The zero-order valence-electron chi connectivity index (χ0n) is 13.2. The molecule has 0 spiro atoms. The summed E-state index contributed by atoms with van der Waals surface area (Å²) >= 11 is 1.46. The summed E-state index contributed by atoms with van der Waals surface area (Å²) in [5, 5.41) is 10.7. The van der Waals surface area contributed by atoms with E-state index >= 15 is 0 Å². The number of benzene rings is 2. The number of non-ortho nitro benzene ring substituents is 1. The van der Waals surface area contributed by atoms with E-state index in [4.69, 9.17) is 0 Å². The molecule has 0 bridgehead atoms. The fourth-order valence-electron chi connectivity index (χ4n) is 2.76. The van der Waals surface area contributed by atoms with E-state index in [9.17, 15) is 14.9 Å². The second-order valence-electron chi connectivity index (χ2n) is 5.70. The van der Waals surface area contributed by atoms with E-state index < -0.39 is 4.92 Å². The minimum Gasteiger partial charge on any atom is -0.339 e. The summed E-state index contributed by atoms with van der Waals surface area (Å²) in [6.07, 6.45) is 3.30. The van der Waals surface area contributed by atoms with Gasteiger partial charge in [0.25, 0.3) is 11.6 Å². The summed E-state index contributed by atoms with van der Waals surface area (Å²) in [5.41, 5.74) is 0.764. The first-order valence-corrected chi connectivity index (χ1v) is 8.77. The van der Waals surface area contributed by atoms with Gasteiger partial charge in [0.2, 0.25) is 0 Å². The van der Waals surface area contributed by atoms with Crippen LogP contribution in [0.3, 0.4) is 0 Å². The summed E-state index contributed by atoms with van der Waals surface area (Å²) in [7, 11) is 0. The number of carbonyl (C=O) groups excluding carboxylic acids is 1. The van der Waals surface area contributed by atoms with E-state index in [-0.39, 0.29) is 11.6 Å². The molecule has 2 aromatic rings. The van der Waals surface area contributed by atoms with Crippen LogP contribution >= 0.6 is 11.8 Å². The Hall–Kier alpha value is -2.34. The van der Waals surface area contributed by atoms with Crippen molar-refractivity contribution in [2.75, 3.05) is 13.1 Å². The number of carbonyl (C=O) groups is 1. The maximum absolute atomic E-state index is 12.8. The molecule has 24 heavy (non-hydrogen) atoms. The summed E-state index contributed by atoms with van der Waals surface area (Å²) in [4.78, 5) is 26.8. The Labute approximate surface area is 144 Å². The molecule has 3 rings (SSSR count). The topological polar surface area (TPSA) is 63.4 Å². The lowest BCUT2D eigenvalue weighted by molar-refractivity contribution is -0.384. The lowest BCUT2D eigenvalue weighted by Gasteiger charge is -2.27. The first kappa shape index (κ1) is 16.5. The van der Waals surface area contributed by atoms with Gasteiger partial charge in [0.15, 0.2) is 0 Å². The van der Waals surface area contributed by atoms with Gasteiger partial charge in [-0.2, -0.15) is 0 Å². The minimum atomic E-state index is -0.414. The monoisotopic (exact) mass is 342 g/mol. The van der Waals surface area contributed by atoms with Gasteiger partial charge in [-0.15, -0.1) is 0 Å². The SMILES string of the molecule is O=C(c1ccccc1Sc1ccc([N+](=O)[O-])cc1)N1CCCCC1. The van der Waals surface area contributed by atoms with E-state index in [1.807, 2.05) is 29.2 Å². The Kier molecular flexibility index (Phi) is 5.15. The number of nitro groups is 1. The van der Waals surface area contributed by atoms with Crippen LogP contribution in [0, 0.1) is 10.1 Å². The van der Waals surface area contributed by atoms with Crippen molar-refractivity contribution in [3.8, 4) is 0 Å². The average Bonchev–Trinajstić information content (AvgIpc) is 2.63. The number of piperidine rings is 1. The number of likely N-dealkylation sites (tertiary alicyclic amines) is 1. The molecule has 0 aromatic heterocycles. The van der Waals surface area contributed by atoms with Crippen LogP contribution in [-0.4, -0.2) is 28.8 Å². The van der Waals surface area contributed by atoms with Gasteiger partial charge in [0.05, 0.1) is 10.5 Å². The third-order valence-corrected chi connectivity index (χ3v) is 5.12. The number of nitro benzene ring substituents is 1. The fourth-order valence-corrected chi connectivity index (χ4v) is 3.70. The highest BCUT2D eigenvalue weighted by atomic mass is 32.2. The van der Waals surface area contributed by atoms with Crippen molar-refractivity contribution >= 4 is 23.4 Å². The highest BCUT2D eigenvalue weighted by Crippen LogP contribution is 2.32. The summed E-state index contributed by atoms with van der Waals surface area (Å²) in [5.74, 6) is 0.0692. The summed E-state index contributed by atoms with van der Waals surface area (Å²) in [6, 6.07) is 13.9. The number of nitrogens with zero attached hydrogens (tertiary/aromatic N) is 2. The molecule has 1 aliphatic heterocycles. The van der Waals surface area contributed by atoms with E-state index in [0.29, 0.717) is 5.56 Å². The molecule has 1 aliphatic rings. The largest absolute Gasteiger partial charge is 0.339 e. The molecule has 0 aliphatic carbocycles. The molecule has 124 valence electrons. The molecule has 2 aromatic carbocycles. The molecule has 0 N–H and O–H groups in total. The van der Waals surface area contributed by atoms with Gasteiger partial charge >= 0.3 is 0 Å². The Morgan fingerprint density at radius 3 is 2.33 bits per heavy atom. The number of amides is 1. The molecular formula is C18H18N2O3S. The molecular weight excluding hydrogens is 324 g/mol. The zero-order valence-corrected chi connectivity index (χ0v) is 14.0. The van der Waals surface area contributed by atoms with Crippen LogP contribution in [0.2, 0.25) is 0 Å². The lowest BCUT2D eigenvalue weighted by atomic mass is 10.1. The van der Waals surface area contributed by atoms with E-state index in [1.165, 1.54) is 30.3 Å². The van der Waals surface area contributed by atoms with Gasteiger partial charge in [-0.05, 0) is 43.5 Å². The third-order valence-electron chi connectivity index (χ3n) is 4.04. The minimum absolute atomic E-state index is 0.0667.